The molecule has 1 heterocycles. The summed E-state index contributed by atoms with van der Waals surface area (Å²) < 4.78 is 38.9. The summed E-state index contributed by atoms with van der Waals surface area (Å²) in [6.07, 6.45) is 0.0313. The number of hydrogen-bond acceptors (Lipinski definition) is 6. The summed E-state index contributed by atoms with van der Waals surface area (Å²) in [5.41, 5.74) is 1.73. The van der Waals surface area contributed by atoms with Crippen LogP contribution in [0.2, 0.25) is 0 Å². The van der Waals surface area contributed by atoms with E-state index >= 15 is 0 Å². The molecule has 8 nitrogen and oxygen atoms in total. The number of amides is 1. The normalized spacial score (nSPS) is 14.9. The average Bonchev–Trinajstić information content (AvgIpc) is 2.96. The van der Waals surface area contributed by atoms with Gasteiger partial charge in [0.1, 0.15) is 11.5 Å². The molecule has 0 N–H and O–H groups in total. The number of methoxy groups -OCH3 is 2. The number of anilines is 1. The first-order valence-electron chi connectivity index (χ1n) is 12.2. The molecule has 0 bridgehead atoms. The highest BCUT2D eigenvalue weighted by molar-refractivity contribution is 7.89. The third-order valence-corrected chi connectivity index (χ3v) is 8.67. The summed E-state index contributed by atoms with van der Waals surface area (Å²) in [4.78, 5) is 17.7. The van der Waals surface area contributed by atoms with Crippen molar-refractivity contribution in [2.24, 2.45) is 0 Å². The first-order chi connectivity index (χ1) is 17.8. The Morgan fingerprint density at radius 2 is 1.49 bits per heavy atom. The number of nitrogens with zero attached hydrogens (tertiary/aromatic N) is 3. The van der Waals surface area contributed by atoms with Gasteiger partial charge in [-0.2, -0.15) is 4.31 Å². The lowest BCUT2D eigenvalue weighted by atomic mass is 10.0. The third-order valence-electron chi connectivity index (χ3n) is 6.79. The van der Waals surface area contributed by atoms with Crippen molar-refractivity contribution in [2.75, 3.05) is 52.3 Å². The van der Waals surface area contributed by atoms with Gasteiger partial charge in [0.25, 0.3) is 0 Å². The van der Waals surface area contributed by atoms with Gasteiger partial charge in [-0.25, -0.2) is 8.42 Å². The van der Waals surface area contributed by atoms with E-state index in [9.17, 15) is 13.2 Å². The van der Waals surface area contributed by atoms with Crippen molar-refractivity contribution in [2.45, 2.75) is 17.4 Å². The van der Waals surface area contributed by atoms with Gasteiger partial charge in [0.15, 0.2) is 0 Å². The molecule has 0 radical (unpaired) electrons. The highest BCUT2D eigenvalue weighted by Crippen LogP contribution is 2.32. The van der Waals surface area contributed by atoms with E-state index in [4.69, 9.17) is 9.47 Å². The summed E-state index contributed by atoms with van der Waals surface area (Å²) in [5, 5.41) is 0. The predicted molar refractivity (Wildman–Crippen MR) is 144 cm³/mol. The Bertz CT molecular complexity index is 1290. The number of sulfonamides is 1. The molecule has 1 atom stereocenters. The Hall–Kier alpha value is -3.56. The molecule has 0 unspecified atom stereocenters. The molecule has 1 aliphatic heterocycles. The maximum absolute atomic E-state index is 13.5. The monoisotopic (exact) mass is 523 g/mol. The molecule has 196 valence electrons. The van der Waals surface area contributed by atoms with Crippen LogP contribution in [0, 0.1) is 0 Å². The van der Waals surface area contributed by atoms with E-state index in [-0.39, 0.29) is 17.2 Å². The van der Waals surface area contributed by atoms with Gasteiger partial charge in [-0.15, -0.1) is 0 Å². The molecular weight excluding hydrogens is 490 g/mol. The lowest BCUT2D eigenvalue weighted by Gasteiger charge is -2.37. The maximum Gasteiger partial charge on any atom is 0.243 e. The van der Waals surface area contributed by atoms with Gasteiger partial charge in [-0.1, -0.05) is 42.5 Å². The Morgan fingerprint density at radius 1 is 0.865 bits per heavy atom. The molecule has 1 fully saturated rings. The fourth-order valence-corrected chi connectivity index (χ4v) is 5.96. The van der Waals surface area contributed by atoms with Crippen LogP contribution in [-0.2, 0) is 14.8 Å². The fraction of sp³-hybridized carbons (Fsp3) is 0.321. The predicted octanol–water partition coefficient (Wildman–Crippen LogP) is 3.80. The lowest BCUT2D eigenvalue weighted by Crippen LogP contribution is -2.49. The second-order valence-corrected chi connectivity index (χ2v) is 10.9. The Balaban J connectivity index is 1.53. The fourth-order valence-electron chi connectivity index (χ4n) is 4.59. The molecule has 1 amide bonds. The highest BCUT2D eigenvalue weighted by Gasteiger charge is 2.33. The molecule has 0 saturated carbocycles. The number of carbonyl (C=O) groups excluding carboxylic acids is 1. The minimum Gasteiger partial charge on any atom is -0.497 e. The van der Waals surface area contributed by atoms with Gasteiger partial charge < -0.3 is 19.3 Å². The molecule has 9 heteroatoms. The van der Waals surface area contributed by atoms with Crippen molar-refractivity contribution in [3.63, 3.8) is 0 Å². The smallest absolute Gasteiger partial charge is 0.243 e. The van der Waals surface area contributed by atoms with Crippen molar-refractivity contribution in [1.29, 1.82) is 0 Å². The molecule has 0 spiro atoms. The van der Waals surface area contributed by atoms with Crippen LogP contribution < -0.4 is 14.4 Å². The topological polar surface area (TPSA) is 79.4 Å². The van der Waals surface area contributed by atoms with Crippen molar-refractivity contribution in [3.05, 3.63) is 84.4 Å². The number of ether oxygens (including phenoxy) is 2. The van der Waals surface area contributed by atoms with Crippen LogP contribution in [0.3, 0.4) is 0 Å². The van der Waals surface area contributed by atoms with Crippen molar-refractivity contribution in [1.82, 2.24) is 9.21 Å². The van der Waals surface area contributed by atoms with Gasteiger partial charge in [-0.3, -0.25) is 4.79 Å². The Kier molecular flexibility index (Phi) is 8.35. The Labute approximate surface area is 219 Å². The molecule has 1 aliphatic rings. The molecule has 4 rings (SSSR count). The van der Waals surface area contributed by atoms with Crippen LogP contribution in [0.5, 0.6) is 11.5 Å². The van der Waals surface area contributed by atoms with Crippen LogP contribution in [0.25, 0.3) is 0 Å². The van der Waals surface area contributed by atoms with Crippen molar-refractivity contribution < 1.29 is 22.7 Å². The number of rotatable bonds is 9. The lowest BCUT2D eigenvalue weighted by molar-refractivity contribution is -0.132. The maximum atomic E-state index is 13.5. The van der Waals surface area contributed by atoms with Crippen LogP contribution in [0.4, 0.5) is 5.69 Å². The number of carbonyl (C=O) groups is 1. The van der Waals surface area contributed by atoms with Gasteiger partial charge in [-0.05, 0) is 42.0 Å². The second-order valence-electron chi connectivity index (χ2n) is 8.87. The van der Waals surface area contributed by atoms with Gasteiger partial charge >= 0.3 is 0 Å². The quantitative estimate of drug-likeness (QED) is 0.425. The zero-order valence-corrected chi connectivity index (χ0v) is 22.2. The minimum absolute atomic E-state index is 0.0313. The zero-order chi connectivity index (χ0) is 26.4. The molecule has 0 aromatic heterocycles. The highest BCUT2D eigenvalue weighted by atomic mass is 32.2. The van der Waals surface area contributed by atoms with Crippen LogP contribution in [0.1, 0.15) is 18.0 Å². The van der Waals surface area contributed by atoms with Crippen molar-refractivity contribution in [3.8, 4) is 11.5 Å². The number of piperazine rings is 1. The van der Waals surface area contributed by atoms with Crippen molar-refractivity contribution >= 4 is 21.6 Å². The summed E-state index contributed by atoms with van der Waals surface area (Å²) in [6.45, 7) is 2.41. The minimum atomic E-state index is -3.82. The van der Waals surface area contributed by atoms with Gasteiger partial charge in [0.2, 0.25) is 15.9 Å². The summed E-state index contributed by atoms with van der Waals surface area (Å²) in [7, 11) is 0.937. The largest absolute Gasteiger partial charge is 0.497 e. The second kappa shape index (κ2) is 11.7. The first-order valence-corrected chi connectivity index (χ1v) is 13.6. The average molecular weight is 524 g/mol. The van der Waals surface area contributed by atoms with E-state index in [1.165, 1.54) is 11.4 Å². The van der Waals surface area contributed by atoms with Gasteiger partial charge in [0, 0.05) is 39.6 Å². The molecular formula is C28H33N3O5S. The SMILES string of the molecule is COc1ccc([C@H](CC(=O)N2CCN(c3ccccc3OC)CC2)N(C)S(=O)(=O)c2ccccc2)cc1. The van der Waals surface area contributed by atoms with Gasteiger partial charge in [0.05, 0.1) is 30.8 Å². The molecule has 3 aromatic rings. The van der Waals surface area contributed by atoms with E-state index in [2.05, 4.69) is 4.90 Å². The number of hydrogen-bond donors (Lipinski definition) is 0. The standard InChI is InChI=1S/C28H33N3O5S/c1-29(37(33,34)24-9-5-4-6-10-24)26(22-13-15-23(35-2)16-14-22)21-28(32)31-19-17-30(18-20-31)25-11-7-8-12-27(25)36-3/h4-16,26H,17-21H2,1-3H3/t26-/m0/s1. The third kappa shape index (κ3) is 5.89. The van der Waals surface area contributed by atoms with Crippen LogP contribution >= 0.6 is 0 Å². The van der Waals surface area contributed by atoms with Crippen LogP contribution in [0.15, 0.2) is 83.8 Å². The zero-order valence-electron chi connectivity index (χ0n) is 21.4. The van der Waals surface area contributed by atoms with Crippen LogP contribution in [-0.4, -0.2) is 71.0 Å². The Morgan fingerprint density at radius 3 is 2.11 bits per heavy atom. The summed E-state index contributed by atoms with van der Waals surface area (Å²) >= 11 is 0. The van der Waals surface area contributed by atoms with E-state index in [0.717, 1.165) is 17.0 Å². The summed E-state index contributed by atoms with van der Waals surface area (Å²) in [6, 6.07) is 22.6. The number of benzene rings is 3. The van der Waals surface area contributed by atoms with E-state index < -0.39 is 16.1 Å². The van der Waals surface area contributed by atoms with E-state index in [1.54, 1.807) is 56.7 Å². The molecule has 0 aliphatic carbocycles. The van der Waals surface area contributed by atoms with E-state index in [1.807, 2.05) is 41.3 Å². The number of para-hydroxylation sites is 2. The molecule has 37 heavy (non-hydrogen) atoms. The first kappa shape index (κ1) is 26.5. The molecule has 1 saturated heterocycles. The molecule has 3 aromatic carbocycles. The van der Waals surface area contributed by atoms with E-state index in [0.29, 0.717) is 31.9 Å². The summed E-state index contributed by atoms with van der Waals surface area (Å²) in [5.74, 6) is 1.38.